The van der Waals surface area contributed by atoms with Gasteiger partial charge in [0.2, 0.25) is 5.95 Å². The average molecular weight is 379 g/mol. The zero-order chi connectivity index (χ0) is 19.6. The molecule has 1 aliphatic heterocycles. The van der Waals surface area contributed by atoms with Gasteiger partial charge in [0.25, 0.3) is 5.91 Å². The van der Waals surface area contributed by atoms with Crippen LogP contribution in [0.3, 0.4) is 0 Å². The fourth-order valence-corrected chi connectivity index (χ4v) is 2.81. The van der Waals surface area contributed by atoms with E-state index in [9.17, 15) is 18.0 Å². The predicted octanol–water partition coefficient (Wildman–Crippen LogP) is 2.52. The summed E-state index contributed by atoms with van der Waals surface area (Å²) in [5.74, 6) is 0.129. The van der Waals surface area contributed by atoms with E-state index >= 15 is 0 Å². The highest BCUT2D eigenvalue weighted by Gasteiger charge is 2.35. The number of hydrogen-bond donors (Lipinski definition) is 0. The molecule has 0 saturated carbocycles. The van der Waals surface area contributed by atoms with E-state index in [0.717, 1.165) is 6.07 Å². The van der Waals surface area contributed by atoms with Crippen molar-refractivity contribution in [2.24, 2.45) is 0 Å². The van der Waals surface area contributed by atoms with Gasteiger partial charge in [0, 0.05) is 51.9 Å². The highest BCUT2D eigenvalue weighted by Crippen LogP contribution is 2.31. The lowest BCUT2D eigenvalue weighted by molar-refractivity contribution is -0.141. The van der Waals surface area contributed by atoms with Crippen LogP contribution in [-0.4, -0.2) is 61.0 Å². The second-order valence-corrected chi connectivity index (χ2v) is 6.45. The number of rotatable bonds is 3. The van der Waals surface area contributed by atoms with Crippen LogP contribution < -0.4 is 9.80 Å². The Kier molecular flexibility index (Phi) is 5.20. The number of amides is 1. The molecular weight excluding hydrogens is 359 g/mol. The van der Waals surface area contributed by atoms with Crippen molar-refractivity contribution in [2.75, 3.05) is 50.1 Å². The molecule has 3 rings (SSSR count). The smallest absolute Gasteiger partial charge is 0.363 e. The second-order valence-electron chi connectivity index (χ2n) is 6.45. The summed E-state index contributed by atoms with van der Waals surface area (Å²) in [5, 5.41) is 0. The highest BCUT2D eigenvalue weighted by atomic mass is 19.4. The number of nitrogens with zero attached hydrogens (tertiary/aromatic N) is 5. The summed E-state index contributed by atoms with van der Waals surface area (Å²) in [5.41, 5.74) is -0.379. The molecule has 144 valence electrons. The molecule has 0 spiro atoms. The fourth-order valence-electron chi connectivity index (χ4n) is 2.81. The van der Waals surface area contributed by atoms with Crippen LogP contribution in [0.15, 0.2) is 36.4 Å². The summed E-state index contributed by atoms with van der Waals surface area (Å²) < 4.78 is 39.5. The zero-order valence-corrected chi connectivity index (χ0v) is 15.1. The summed E-state index contributed by atoms with van der Waals surface area (Å²) in [7, 11) is 3.26. The molecule has 1 amide bonds. The molecule has 1 fully saturated rings. The van der Waals surface area contributed by atoms with Crippen LogP contribution in [0.5, 0.6) is 0 Å². The van der Waals surface area contributed by atoms with Gasteiger partial charge in [0.15, 0.2) is 5.69 Å². The minimum atomic E-state index is -4.55. The number of piperazine rings is 1. The van der Waals surface area contributed by atoms with Crippen molar-refractivity contribution < 1.29 is 18.0 Å². The van der Waals surface area contributed by atoms with E-state index in [1.165, 1.54) is 4.90 Å². The minimum Gasteiger partial charge on any atom is -0.363 e. The molecule has 0 atom stereocenters. The van der Waals surface area contributed by atoms with Crippen molar-refractivity contribution in [3.05, 3.63) is 47.7 Å². The molecule has 27 heavy (non-hydrogen) atoms. The Morgan fingerprint density at radius 1 is 1.04 bits per heavy atom. The van der Waals surface area contributed by atoms with Crippen LogP contribution in [0.4, 0.5) is 24.9 Å². The van der Waals surface area contributed by atoms with E-state index in [0.29, 0.717) is 31.7 Å². The van der Waals surface area contributed by atoms with Crippen molar-refractivity contribution in [1.29, 1.82) is 0 Å². The SMILES string of the molecule is CN(C)c1cc(C(F)(F)F)nc(N2CCN(C(=O)c3ccccc3)CC2)n1. The Bertz CT molecular complexity index is 802. The van der Waals surface area contributed by atoms with Crippen LogP contribution in [0, 0.1) is 0 Å². The Balaban J connectivity index is 1.76. The summed E-state index contributed by atoms with van der Waals surface area (Å²) in [6.07, 6.45) is -4.55. The van der Waals surface area contributed by atoms with E-state index in [4.69, 9.17) is 0 Å². The largest absolute Gasteiger partial charge is 0.433 e. The number of halogens is 3. The third kappa shape index (κ3) is 4.29. The molecule has 6 nitrogen and oxygen atoms in total. The molecule has 1 aromatic carbocycles. The number of alkyl halides is 3. The third-order valence-corrected chi connectivity index (χ3v) is 4.32. The normalized spacial score (nSPS) is 15.0. The molecule has 1 aromatic heterocycles. The molecule has 2 aromatic rings. The Morgan fingerprint density at radius 3 is 2.22 bits per heavy atom. The van der Waals surface area contributed by atoms with Gasteiger partial charge in [-0.15, -0.1) is 0 Å². The number of benzene rings is 1. The van der Waals surface area contributed by atoms with Gasteiger partial charge in [-0.05, 0) is 12.1 Å². The first kappa shape index (κ1) is 18.9. The van der Waals surface area contributed by atoms with Crippen molar-refractivity contribution >= 4 is 17.7 Å². The molecule has 0 aliphatic carbocycles. The first-order valence-electron chi connectivity index (χ1n) is 8.48. The summed E-state index contributed by atoms with van der Waals surface area (Å²) in [4.78, 5) is 25.3. The van der Waals surface area contributed by atoms with Gasteiger partial charge in [-0.3, -0.25) is 4.79 Å². The molecule has 1 aliphatic rings. The zero-order valence-electron chi connectivity index (χ0n) is 15.1. The summed E-state index contributed by atoms with van der Waals surface area (Å²) in [6, 6.07) is 9.84. The Morgan fingerprint density at radius 2 is 1.67 bits per heavy atom. The van der Waals surface area contributed by atoms with Crippen molar-refractivity contribution in [3.8, 4) is 0 Å². The number of carbonyl (C=O) groups is 1. The van der Waals surface area contributed by atoms with E-state index in [2.05, 4.69) is 9.97 Å². The molecule has 0 bridgehead atoms. The monoisotopic (exact) mass is 379 g/mol. The number of anilines is 2. The summed E-state index contributed by atoms with van der Waals surface area (Å²) >= 11 is 0. The van der Waals surface area contributed by atoms with E-state index in [1.54, 1.807) is 48.2 Å². The molecular formula is C18H20F3N5O. The minimum absolute atomic E-state index is 0.0281. The van der Waals surface area contributed by atoms with Gasteiger partial charge in [-0.2, -0.15) is 18.2 Å². The Labute approximate surface area is 155 Å². The lowest BCUT2D eigenvalue weighted by Crippen LogP contribution is -2.49. The molecule has 0 unspecified atom stereocenters. The summed E-state index contributed by atoms with van der Waals surface area (Å²) in [6.45, 7) is 1.52. The Hall–Kier alpha value is -2.84. The average Bonchev–Trinajstić information content (AvgIpc) is 2.67. The molecule has 9 heteroatoms. The molecule has 0 radical (unpaired) electrons. The van der Waals surface area contributed by atoms with Crippen molar-refractivity contribution in [3.63, 3.8) is 0 Å². The molecule has 0 N–H and O–H groups in total. The maximum Gasteiger partial charge on any atom is 0.433 e. The van der Waals surface area contributed by atoms with Gasteiger partial charge in [-0.1, -0.05) is 18.2 Å². The lowest BCUT2D eigenvalue weighted by Gasteiger charge is -2.35. The standard InChI is InChI=1S/C18H20F3N5O/c1-24(2)15-12-14(18(19,20)21)22-17(23-15)26-10-8-25(9-11-26)16(27)13-6-4-3-5-7-13/h3-7,12H,8-11H2,1-2H3. The number of aromatic nitrogens is 2. The highest BCUT2D eigenvalue weighted by molar-refractivity contribution is 5.94. The number of hydrogen-bond acceptors (Lipinski definition) is 5. The molecule has 2 heterocycles. The van der Waals surface area contributed by atoms with Crippen LogP contribution in [-0.2, 0) is 6.18 Å². The van der Waals surface area contributed by atoms with Gasteiger partial charge < -0.3 is 14.7 Å². The first-order chi connectivity index (χ1) is 12.8. The van der Waals surface area contributed by atoms with Gasteiger partial charge in [-0.25, -0.2) is 4.98 Å². The van der Waals surface area contributed by atoms with Gasteiger partial charge in [0.1, 0.15) is 5.82 Å². The predicted molar refractivity (Wildman–Crippen MR) is 95.9 cm³/mol. The fraction of sp³-hybridized carbons (Fsp3) is 0.389. The van der Waals surface area contributed by atoms with Crippen LogP contribution in [0.25, 0.3) is 0 Å². The quantitative estimate of drug-likeness (QED) is 0.820. The van der Waals surface area contributed by atoms with Crippen molar-refractivity contribution in [1.82, 2.24) is 14.9 Å². The van der Waals surface area contributed by atoms with Gasteiger partial charge in [0.05, 0.1) is 0 Å². The number of carbonyl (C=O) groups excluding carboxylic acids is 1. The van der Waals surface area contributed by atoms with Crippen LogP contribution in [0.2, 0.25) is 0 Å². The lowest BCUT2D eigenvalue weighted by atomic mass is 10.2. The van der Waals surface area contributed by atoms with Crippen LogP contribution >= 0.6 is 0 Å². The van der Waals surface area contributed by atoms with Crippen LogP contribution in [0.1, 0.15) is 16.1 Å². The van der Waals surface area contributed by atoms with E-state index in [1.807, 2.05) is 6.07 Å². The maximum atomic E-state index is 13.2. The second kappa shape index (κ2) is 7.42. The maximum absolute atomic E-state index is 13.2. The van der Waals surface area contributed by atoms with Crippen molar-refractivity contribution in [2.45, 2.75) is 6.18 Å². The molecule has 1 saturated heterocycles. The van der Waals surface area contributed by atoms with E-state index < -0.39 is 11.9 Å². The van der Waals surface area contributed by atoms with E-state index in [-0.39, 0.29) is 17.7 Å². The third-order valence-electron chi connectivity index (χ3n) is 4.32. The first-order valence-corrected chi connectivity index (χ1v) is 8.48. The van der Waals surface area contributed by atoms with Gasteiger partial charge >= 0.3 is 6.18 Å². The topological polar surface area (TPSA) is 52.6 Å².